The van der Waals surface area contributed by atoms with E-state index in [0.717, 1.165) is 5.88 Å². The van der Waals surface area contributed by atoms with Crippen molar-refractivity contribution in [3.8, 4) is 5.88 Å². The minimum absolute atomic E-state index is 0.0119. The molecule has 0 saturated heterocycles. The van der Waals surface area contributed by atoms with E-state index in [2.05, 4.69) is 15.6 Å². The van der Waals surface area contributed by atoms with Crippen LogP contribution < -0.4 is 4.74 Å². The van der Waals surface area contributed by atoms with Gasteiger partial charge in [0.05, 0.1) is 12.8 Å². The molecule has 0 bridgehead atoms. The predicted molar refractivity (Wildman–Crippen MR) is 45.0 cm³/mol. The van der Waals surface area contributed by atoms with Crippen LogP contribution in [0, 0.1) is 0 Å². The molecule has 1 heterocycles. The van der Waals surface area contributed by atoms with Gasteiger partial charge < -0.3 is 9.16 Å². The molecule has 0 saturated carbocycles. The summed E-state index contributed by atoms with van der Waals surface area (Å²) in [5.74, 6) is 0.742. The van der Waals surface area contributed by atoms with Gasteiger partial charge in [-0.25, -0.2) is 4.68 Å². The van der Waals surface area contributed by atoms with Crippen molar-refractivity contribution in [1.29, 1.82) is 0 Å². The van der Waals surface area contributed by atoms with Gasteiger partial charge in [-0.3, -0.25) is 0 Å². The molecule has 5 heteroatoms. The Bertz CT molecular complexity index is 239. The first-order valence-corrected chi connectivity index (χ1v) is 4.08. The lowest BCUT2D eigenvalue weighted by atomic mass is 10.4. The zero-order valence-corrected chi connectivity index (χ0v) is 8.15. The number of nitrogens with zero attached hydrogens (tertiary/aromatic N) is 2. The highest BCUT2D eigenvalue weighted by Crippen LogP contribution is 2.09. The first-order valence-electron chi connectivity index (χ1n) is 3.67. The topological polar surface area (TPSA) is 36.3 Å². The quantitative estimate of drug-likeness (QED) is 0.629. The normalized spacial score (nSPS) is 12.9. The molecule has 0 N–H and O–H groups in total. The van der Waals surface area contributed by atoms with Gasteiger partial charge >= 0.3 is 0 Å². The van der Waals surface area contributed by atoms with Crippen LogP contribution in [0.4, 0.5) is 0 Å². The predicted octanol–water partition coefficient (Wildman–Crippen LogP) is 0.287. The average molecular weight is 183 g/mol. The van der Waals surface area contributed by atoms with Crippen molar-refractivity contribution in [2.24, 2.45) is 7.05 Å². The highest BCUT2D eigenvalue weighted by molar-refractivity contribution is 5.97. The summed E-state index contributed by atoms with van der Waals surface area (Å²) in [6.07, 6.45) is 1.70. The second-order valence-electron chi connectivity index (χ2n) is 2.53. The molecule has 1 aromatic rings. The van der Waals surface area contributed by atoms with Crippen LogP contribution in [0.15, 0.2) is 12.3 Å². The number of aromatic nitrogens is 2. The Morgan fingerprint density at radius 3 is 3.00 bits per heavy atom. The van der Waals surface area contributed by atoms with Crippen molar-refractivity contribution >= 4 is 10.5 Å². The molecule has 0 fully saturated rings. The van der Waals surface area contributed by atoms with E-state index in [1.54, 1.807) is 10.9 Å². The lowest BCUT2D eigenvalue weighted by molar-refractivity contribution is 0.139. The van der Waals surface area contributed by atoms with Gasteiger partial charge in [0.1, 0.15) is 6.10 Å². The summed E-state index contributed by atoms with van der Waals surface area (Å²) in [6.45, 7) is 2.43. The maximum Gasteiger partial charge on any atom is 0.246 e. The minimum Gasteiger partial charge on any atom is -0.472 e. The van der Waals surface area contributed by atoms with Crippen molar-refractivity contribution in [3.05, 3.63) is 12.3 Å². The molecule has 0 amide bonds. The first kappa shape index (κ1) is 9.28. The van der Waals surface area contributed by atoms with E-state index in [-0.39, 0.29) is 6.10 Å². The van der Waals surface area contributed by atoms with Crippen LogP contribution in [0.5, 0.6) is 5.88 Å². The van der Waals surface area contributed by atoms with Crippen molar-refractivity contribution in [3.63, 3.8) is 0 Å². The molecule has 0 aromatic carbocycles. The lowest BCUT2D eigenvalue weighted by Crippen LogP contribution is -2.19. The number of rotatable bonds is 4. The van der Waals surface area contributed by atoms with E-state index < -0.39 is 0 Å². The molecule has 3 radical (unpaired) electrons. The van der Waals surface area contributed by atoms with E-state index >= 15 is 0 Å². The van der Waals surface area contributed by atoms with E-state index in [1.165, 1.54) is 0 Å². The minimum atomic E-state index is 0.0119. The van der Waals surface area contributed by atoms with Gasteiger partial charge in [0.15, 0.2) is 0 Å². The molecule has 1 atom stereocenters. The third-order valence-corrected chi connectivity index (χ3v) is 1.58. The lowest BCUT2D eigenvalue weighted by Gasteiger charge is -2.12. The van der Waals surface area contributed by atoms with Gasteiger partial charge in [0, 0.05) is 13.1 Å². The van der Waals surface area contributed by atoms with E-state index in [0.29, 0.717) is 6.61 Å². The molecule has 0 aliphatic rings. The summed E-state index contributed by atoms with van der Waals surface area (Å²) in [6, 6.07) is 1.81. The summed E-state index contributed by atoms with van der Waals surface area (Å²) < 4.78 is 11.9. The van der Waals surface area contributed by atoms with Gasteiger partial charge in [-0.2, -0.15) is 5.10 Å². The second-order valence-corrected chi connectivity index (χ2v) is 2.82. The van der Waals surface area contributed by atoms with Gasteiger partial charge in [-0.1, -0.05) is 0 Å². The summed E-state index contributed by atoms with van der Waals surface area (Å²) in [4.78, 5) is 0. The number of hydrogen-bond acceptors (Lipinski definition) is 3. The number of hydrogen-bond donors (Lipinski definition) is 0. The van der Waals surface area contributed by atoms with Gasteiger partial charge in [0.2, 0.25) is 16.4 Å². The number of aryl methyl sites for hydroxylation is 1. The van der Waals surface area contributed by atoms with Crippen LogP contribution >= 0.6 is 0 Å². The zero-order chi connectivity index (χ0) is 8.97. The molecule has 65 valence electrons. The molecule has 1 aromatic heterocycles. The zero-order valence-electron chi connectivity index (χ0n) is 7.15. The molecule has 0 aliphatic heterocycles. The van der Waals surface area contributed by atoms with Gasteiger partial charge in [-0.15, -0.1) is 0 Å². The van der Waals surface area contributed by atoms with Gasteiger partial charge in [0.25, 0.3) is 0 Å². The van der Waals surface area contributed by atoms with Crippen molar-refractivity contribution in [1.82, 2.24) is 9.78 Å². The van der Waals surface area contributed by atoms with Gasteiger partial charge in [-0.05, 0) is 6.92 Å². The Labute approximate surface area is 75.0 Å². The van der Waals surface area contributed by atoms with Crippen molar-refractivity contribution < 1.29 is 9.16 Å². The van der Waals surface area contributed by atoms with Crippen LogP contribution in [0.1, 0.15) is 6.92 Å². The molecule has 4 nitrogen and oxygen atoms in total. The molecule has 0 aliphatic carbocycles. The maximum absolute atomic E-state index is 5.47. The highest BCUT2D eigenvalue weighted by atomic mass is 28.2. The highest BCUT2D eigenvalue weighted by Gasteiger charge is 2.05. The summed E-state index contributed by atoms with van der Waals surface area (Å²) in [5, 5.41) is 3.97. The van der Waals surface area contributed by atoms with Crippen LogP contribution in [-0.4, -0.2) is 33.0 Å². The largest absolute Gasteiger partial charge is 0.472 e. The Morgan fingerprint density at radius 2 is 2.50 bits per heavy atom. The maximum atomic E-state index is 5.47. The second kappa shape index (κ2) is 4.27. The fraction of sp³-hybridized carbons (Fsp3) is 0.571. The molecule has 1 rings (SSSR count). The Hall–Kier alpha value is -0.813. The Morgan fingerprint density at radius 1 is 1.75 bits per heavy atom. The Kier molecular flexibility index (Phi) is 3.30. The molecular formula is C7H11N2O2Si. The Balaban J connectivity index is 2.46. The first-order chi connectivity index (χ1) is 5.74. The third-order valence-electron chi connectivity index (χ3n) is 1.42. The number of ether oxygens (including phenoxy) is 1. The van der Waals surface area contributed by atoms with E-state index in [1.807, 2.05) is 20.0 Å². The summed E-state index contributed by atoms with van der Waals surface area (Å²) >= 11 is 0. The molecule has 0 unspecified atom stereocenters. The van der Waals surface area contributed by atoms with Crippen LogP contribution in [0.25, 0.3) is 0 Å². The molecule has 0 spiro atoms. The standard InChI is InChI=1S/C7H11N2O2Si/c1-6(5-10-12)11-7-3-4-8-9(7)2/h3-4,6H,5H2,1-2H3/t6-/m0/s1. The fourth-order valence-corrected chi connectivity index (χ4v) is 1.07. The summed E-state index contributed by atoms with van der Waals surface area (Å²) in [5.41, 5.74) is 0. The molecular weight excluding hydrogens is 172 g/mol. The van der Waals surface area contributed by atoms with Crippen molar-refractivity contribution in [2.45, 2.75) is 13.0 Å². The van der Waals surface area contributed by atoms with Crippen LogP contribution in [0.3, 0.4) is 0 Å². The summed E-state index contributed by atoms with van der Waals surface area (Å²) in [7, 11) is 4.75. The SMILES string of the molecule is C[C@@H](CO[Si])Oc1ccnn1C. The fourth-order valence-electron chi connectivity index (χ4n) is 0.835. The average Bonchev–Trinajstić information content (AvgIpc) is 2.37. The van der Waals surface area contributed by atoms with Crippen molar-refractivity contribution in [2.75, 3.05) is 6.61 Å². The third kappa shape index (κ3) is 2.35. The molecule has 12 heavy (non-hydrogen) atoms. The van der Waals surface area contributed by atoms with Crippen LogP contribution in [-0.2, 0) is 11.5 Å². The monoisotopic (exact) mass is 183 g/mol. The van der Waals surface area contributed by atoms with E-state index in [9.17, 15) is 0 Å². The smallest absolute Gasteiger partial charge is 0.246 e. The van der Waals surface area contributed by atoms with Crippen LogP contribution in [0.2, 0.25) is 0 Å². The van der Waals surface area contributed by atoms with E-state index in [4.69, 9.17) is 9.16 Å².